The van der Waals surface area contributed by atoms with E-state index in [1.165, 1.54) is 11.1 Å². The highest BCUT2D eigenvalue weighted by Crippen LogP contribution is 2.29. The molecule has 0 bridgehead atoms. The quantitative estimate of drug-likeness (QED) is 0.808. The summed E-state index contributed by atoms with van der Waals surface area (Å²) in [6.07, 6.45) is 0.976. The Labute approximate surface area is 101 Å². The van der Waals surface area contributed by atoms with Gasteiger partial charge in [-0.1, -0.05) is 17.7 Å². The van der Waals surface area contributed by atoms with Gasteiger partial charge >= 0.3 is 0 Å². The Balaban J connectivity index is 1.90. The molecule has 1 amide bonds. The van der Waals surface area contributed by atoms with E-state index in [0.29, 0.717) is 6.54 Å². The molecule has 17 heavy (non-hydrogen) atoms. The molecule has 2 unspecified atom stereocenters. The first kappa shape index (κ1) is 11.9. The monoisotopic (exact) mass is 234 g/mol. The van der Waals surface area contributed by atoms with Gasteiger partial charge in [-0.3, -0.25) is 4.79 Å². The lowest BCUT2D eigenvalue weighted by Gasteiger charge is -2.14. The number of hydrogen-bond acceptors (Lipinski definition) is 3. The van der Waals surface area contributed by atoms with E-state index in [1.807, 2.05) is 12.1 Å². The van der Waals surface area contributed by atoms with Crippen LogP contribution >= 0.6 is 0 Å². The first-order chi connectivity index (χ1) is 8.06. The molecule has 1 aliphatic rings. The van der Waals surface area contributed by atoms with E-state index in [9.17, 15) is 4.79 Å². The van der Waals surface area contributed by atoms with Gasteiger partial charge in [-0.2, -0.15) is 0 Å². The van der Waals surface area contributed by atoms with E-state index in [1.54, 1.807) is 6.92 Å². The molecule has 0 aromatic heterocycles. The molecular weight excluding hydrogens is 216 g/mol. The van der Waals surface area contributed by atoms with Crippen LogP contribution < -0.4 is 15.8 Å². The second kappa shape index (κ2) is 4.75. The molecule has 1 heterocycles. The van der Waals surface area contributed by atoms with Gasteiger partial charge in [0.25, 0.3) is 0 Å². The summed E-state index contributed by atoms with van der Waals surface area (Å²) in [6.45, 7) is 4.47. The van der Waals surface area contributed by atoms with Gasteiger partial charge in [0.1, 0.15) is 11.9 Å². The van der Waals surface area contributed by atoms with Crippen molar-refractivity contribution < 1.29 is 9.53 Å². The van der Waals surface area contributed by atoms with Crippen LogP contribution in [0.15, 0.2) is 18.2 Å². The fraction of sp³-hybridized carbons (Fsp3) is 0.462. The Morgan fingerprint density at radius 3 is 3.12 bits per heavy atom. The van der Waals surface area contributed by atoms with Crippen LogP contribution in [0.5, 0.6) is 5.75 Å². The number of primary amides is 1. The van der Waals surface area contributed by atoms with E-state index in [4.69, 9.17) is 10.5 Å². The van der Waals surface area contributed by atoms with Crippen LogP contribution in [-0.4, -0.2) is 24.6 Å². The minimum Gasteiger partial charge on any atom is -0.488 e. The third kappa shape index (κ3) is 2.77. The molecule has 3 N–H and O–H groups in total. The maximum Gasteiger partial charge on any atom is 0.234 e. The fourth-order valence-electron chi connectivity index (χ4n) is 1.97. The lowest BCUT2D eigenvalue weighted by atomic mass is 10.1. The standard InChI is InChI=1S/C13H18N2O2/c1-8-3-4-12-10(5-8)6-11(17-12)7-15-9(2)13(14)16/h3-5,9,11,15H,6-7H2,1-2H3,(H2,14,16). The SMILES string of the molecule is Cc1ccc2c(c1)CC(CNC(C)C(N)=O)O2. The van der Waals surface area contributed by atoms with Gasteiger partial charge in [-0.15, -0.1) is 0 Å². The topological polar surface area (TPSA) is 64.3 Å². The smallest absolute Gasteiger partial charge is 0.234 e. The number of benzene rings is 1. The third-order valence-electron chi connectivity index (χ3n) is 3.04. The van der Waals surface area contributed by atoms with Crippen LogP contribution in [0.2, 0.25) is 0 Å². The number of carbonyl (C=O) groups excluding carboxylic acids is 1. The minimum atomic E-state index is -0.337. The van der Waals surface area contributed by atoms with Gasteiger partial charge in [0.15, 0.2) is 0 Å². The molecule has 0 fully saturated rings. The maximum atomic E-state index is 10.9. The van der Waals surface area contributed by atoms with Crippen molar-refractivity contribution >= 4 is 5.91 Å². The molecular formula is C13H18N2O2. The summed E-state index contributed by atoms with van der Waals surface area (Å²) in [5.41, 5.74) is 7.66. The number of nitrogens with two attached hydrogens (primary N) is 1. The summed E-state index contributed by atoms with van der Waals surface area (Å²) in [5.74, 6) is 0.616. The number of aryl methyl sites for hydroxylation is 1. The van der Waals surface area contributed by atoms with Crippen molar-refractivity contribution in [3.05, 3.63) is 29.3 Å². The summed E-state index contributed by atoms with van der Waals surface area (Å²) in [6, 6.07) is 5.87. The molecule has 0 radical (unpaired) electrons. The van der Waals surface area contributed by atoms with E-state index < -0.39 is 0 Å². The van der Waals surface area contributed by atoms with Crippen LogP contribution in [0.3, 0.4) is 0 Å². The molecule has 1 aromatic carbocycles. The first-order valence-electron chi connectivity index (χ1n) is 5.85. The molecule has 4 heteroatoms. The van der Waals surface area contributed by atoms with E-state index in [2.05, 4.69) is 18.3 Å². The Morgan fingerprint density at radius 2 is 2.41 bits per heavy atom. The third-order valence-corrected chi connectivity index (χ3v) is 3.04. The van der Waals surface area contributed by atoms with Crippen molar-refractivity contribution in [3.8, 4) is 5.75 Å². The molecule has 0 saturated heterocycles. The van der Waals surface area contributed by atoms with Crippen LogP contribution in [0.1, 0.15) is 18.1 Å². The van der Waals surface area contributed by atoms with Crippen LogP contribution in [0.25, 0.3) is 0 Å². The summed E-state index contributed by atoms with van der Waals surface area (Å²) in [7, 11) is 0. The fourth-order valence-corrected chi connectivity index (χ4v) is 1.97. The van der Waals surface area contributed by atoms with Gasteiger partial charge in [0.2, 0.25) is 5.91 Å². The Morgan fingerprint density at radius 1 is 1.65 bits per heavy atom. The summed E-state index contributed by atoms with van der Waals surface area (Å²) < 4.78 is 5.78. The molecule has 0 saturated carbocycles. The second-order valence-electron chi connectivity index (χ2n) is 4.59. The van der Waals surface area contributed by atoms with E-state index >= 15 is 0 Å². The molecule has 0 spiro atoms. The predicted molar refractivity (Wildman–Crippen MR) is 66.0 cm³/mol. The molecule has 1 aromatic rings. The zero-order valence-electron chi connectivity index (χ0n) is 10.2. The van der Waals surface area contributed by atoms with Gasteiger partial charge in [-0.25, -0.2) is 0 Å². The summed E-state index contributed by atoms with van der Waals surface area (Å²) >= 11 is 0. The number of hydrogen-bond donors (Lipinski definition) is 2. The van der Waals surface area contributed by atoms with Crippen molar-refractivity contribution in [1.82, 2.24) is 5.32 Å². The summed E-state index contributed by atoms with van der Waals surface area (Å²) in [4.78, 5) is 10.9. The lowest BCUT2D eigenvalue weighted by molar-refractivity contribution is -0.119. The molecule has 1 aliphatic heterocycles. The average molecular weight is 234 g/mol. The largest absolute Gasteiger partial charge is 0.488 e. The van der Waals surface area contributed by atoms with Gasteiger partial charge in [0.05, 0.1) is 6.04 Å². The zero-order valence-corrected chi connectivity index (χ0v) is 10.2. The number of carbonyl (C=O) groups is 1. The van der Waals surface area contributed by atoms with Crippen molar-refractivity contribution in [2.45, 2.75) is 32.4 Å². The highest BCUT2D eigenvalue weighted by molar-refractivity contribution is 5.79. The molecule has 4 nitrogen and oxygen atoms in total. The average Bonchev–Trinajstić information content (AvgIpc) is 2.67. The van der Waals surface area contributed by atoms with Gasteiger partial charge in [-0.05, 0) is 25.5 Å². The number of nitrogens with one attached hydrogen (secondary N) is 1. The number of rotatable bonds is 4. The van der Waals surface area contributed by atoms with E-state index in [-0.39, 0.29) is 18.1 Å². The van der Waals surface area contributed by atoms with Crippen LogP contribution in [0.4, 0.5) is 0 Å². The van der Waals surface area contributed by atoms with Crippen molar-refractivity contribution in [3.63, 3.8) is 0 Å². The molecule has 92 valence electrons. The Kier molecular flexibility index (Phi) is 3.33. The normalized spacial score (nSPS) is 19.5. The lowest BCUT2D eigenvalue weighted by Crippen LogP contribution is -2.43. The van der Waals surface area contributed by atoms with Gasteiger partial charge < -0.3 is 15.8 Å². The van der Waals surface area contributed by atoms with Gasteiger partial charge in [0, 0.05) is 13.0 Å². The van der Waals surface area contributed by atoms with Crippen molar-refractivity contribution in [2.75, 3.05) is 6.54 Å². The highest BCUT2D eigenvalue weighted by Gasteiger charge is 2.23. The number of fused-ring (bicyclic) bond motifs is 1. The maximum absolute atomic E-state index is 10.9. The van der Waals surface area contributed by atoms with Crippen molar-refractivity contribution in [1.29, 1.82) is 0 Å². The summed E-state index contributed by atoms with van der Waals surface area (Å²) in [5, 5.41) is 3.07. The molecule has 0 aliphatic carbocycles. The van der Waals surface area contributed by atoms with Crippen LogP contribution in [0, 0.1) is 6.92 Å². The minimum absolute atomic E-state index is 0.0913. The molecule has 2 rings (SSSR count). The number of amides is 1. The highest BCUT2D eigenvalue weighted by atomic mass is 16.5. The molecule has 2 atom stereocenters. The van der Waals surface area contributed by atoms with E-state index in [0.717, 1.165) is 12.2 Å². The second-order valence-corrected chi connectivity index (χ2v) is 4.59. The Bertz CT molecular complexity index is 431. The van der Waals surface area contributed by atoms with Crippen LogP contribution in [-0.2, 0) is 11.2 Å². The Hall–Kier alpha value is -1.55. The van der Waals surface area contributed by atoms with Crippen molar-refractivity contribution in [2.24, 2.45) is 5.73 Å². The number of ether oxygens (including phenoxy) is 1. The predicted octanol–water partition coefficient (Wildman–Crippen LogP) is 0.762. The first-order valence-corrected chi connectivity index (χ1v) is 5.85. The zero-order chi connectivity index (χ0) is 12.4.